The van der Waals surface area contributed by atoms with Crippen LogP contribution in [-0.2, 0) is 0 Å². The standard InChI is InChI=1S/C65H46N2O2/c1-41-37-42(2)63(43(3)38-41)66(47-19-8-5-9-20-47)49-34-36-56-61(40-49)69-65-55-35-31-46(39-57(55)51-22-10-11-24-53(51)62(56)65)44-29-32-48(33-30-44)67(58-26-14-12-21-50(58)45-17-6-4-7-18-45)59-27-16-25-54-52-23-13-15-28-60(52)68-64(54)59/h4-40H,1-3H3. The van der Waals surface area contributed by atoms with Gasteiger partial charge in [-0.2, -0.15) is 0 Å². The van der Waals surface area contributed by atoms with Crippen LogP contribution in [0.25, 0.3) is 87.7 Å². The van der Waals surface area contributed by atoms with E-state index in [1.54, 1.807) is 0 Å². The maximum absolute atomic E-state index is 7.04. The van der Waals surface area contributed by atoms with Gasteiger partial charge in [0.25, 0.3) is 0 Å². The van der Waals surface area contributed by atoms with Gasteiger partial charge in [-0.05, 0) is 131 Å². The number of hydrogen-bond donors (Lipinski definition) is 0. The van der Waals surface area contributed by atoms with Crippen molar-refractivity contribution in [2.45, 2.75) is 20.8 Å². The predicted molar refractivity (Wildman–Crippen MR) is 290 cm³/mol. The third-order valence-electron chi connectivity index (χ3n) is 13.9. The number of furan rings is 2. The third-order valence-corrected chi connectivity index (χ3v) is 13.9. The number of para-hydroxylation sites is 4. The molecule has 0 aliphatic heterocycles. The molecule has 0 fully saturated rings. The van der Waals surface area contributed by atoms with Crippen LogP contribution in [0.15, 0.2) is 233 Å². The van der Waals surface area contributed by atoms with Crippen molar-refractivity contribution in [3.05, 3.63) is 241 Å². The lowest BCUT2D eigenvalue weighted by atomic mass is 9.94. The first-order valence-corrected chi connectivity index (χ1v) is 23.7. The highest BCUT2D eigenvalue weighted by molar-refractivity contribution is 6.30. The highest BCUT2D eigenvalue weighted by Crippen LogP contribution is 2.48. The number of hydrogen-bond acceptors (Lipinski definition) is 4. The molecule has 0 atom stereocenters. The van der Waals surface area contributed by atoms with Crippen molar-refractivity contribution >= 4 is 99.5 Å². The molecule has 0 saturated carbocycles. The molecule has 13 aromatic rings. The van der Waals surface area contributed by atoms with Crippen molar-refractivity contribution in [1.82, 2.24) is 0 Å². The molecule has 328 valence electrons. The van der Waals surface area contributed by atoms with Gasteiger partial charge in [-0.25, -0.2) is 0 Å². The van der Waals surface area contributed by atoms with Crippen LogP contribution in [0.4, 0.5) is 34.1 Å². The van der Waals surface area contributed by atoms with Gasteiger partial charge in [0.2, 0.25) is 0 Å². The van der Waals surface area contributed by atoms with E-state index < -0.39 is 0 Å². The summed E-state index contributed by atoms with van der Waals surface area (Å²) in [6.45, 7) is 6.58. The molecule has 2 heterocycles. The van der Waals surface area contributed by atoms with Gasteiger partial charge in [0.05, 0.1) is 17.1 Å². The Morgan fingerprint density at radius 3 is 1.70 bits per heavy atom. The minimum atomic E-state index is 0.852. The van der Waals surface area contributed by atoms with Gasteiger partial charge < -0.3 is 18.6 Å². The fraction of sp³-hybridized carbons (Fsp3) is 0.0462. The molecule has 0 bridgehead atoms. The number of nitrogens with zero attached hydrogens (tertiary/aromatic N) is 2. The van der Waals surface area contributed by atoms with Crippen LogP contribution in [0.5, 0.6) is 0 Å². The molecule has 0 aliphatic carbocycles. The summed E-state index contributed by atoms with van der Waals surface area (Å²) < 4.78 is 13.7. The second kappa shape index (κ2) is 16.2. The molecule has 0 radical (unpaired) electrons. The second-order valence-electron chi connectivity index (χ2n) is 18.2. The lowest BCUT2D eigenvalue weighted by Gasteiger charge is -2.29. The molecule has 0 spiro atoms. The Bertz CT molecular complexity index is 4090. The third kappa shape index (κ3) is 6.67. The quantitative estimate of drug-likeness (QED) is 0.142. The van der Waals surface area contributed by atoms with Crippen LogP contribution in [0.1, 0.15) is 16.7 Å². The van der Waals surface area contributed by atoms with E-state index in [1.807, 2.05) is 12.1 Å². The summed E-state index contributed by atoms with van der Waals surface area (Å²) in [5.74, 6) is 0. The molecule has 0 aliphatic rings. The first kappa shape index (κ1) is 40.4. The van der Waals surface area contributed by atoms with E-state index in [9.17, 15) is 0 Å². The maximum atomic E-state index is 7.04. The molecule has 0 amide bonds. The van der Waals surface area contributed by atoms with Crippen LogP contribution in [0.3, 0.4) is 0 Å². The summed E-state index contributed by atoms with van der Waals surface area (Å²) in [5, 5.41) is 9.06. The first-order chi connectivity index (χ1) is 34.0. The predicted octanol–water partition coefficient (Wildman–Crippen LogP) is 19.0. The Hall–Kier alpha value is -8.86. The molecule has 0 unspecified atom stereocenters. The topological polar surface area (TPSA) is 32.8 Å². The van der Waals surface area contributed by atoms with Gasteiger partial charge >= 0.3 is 0 Å². The second-order valence-corrected chi connectivity index (χ2v) is 18.2. The summed E-state index contributed by atoms with van der Waals surface area (Å²) >= 11 is 0. The molecular weight excluding hydrogens is 841 g/mol. The molecule has 2 aromatic heterocycles. The smallest absolute Gasteiger partial charge is 0.159 e. The van der Waals surface area contributed by atoms with Crippen LogP contribution >= 0.6 is 0 Å². The van der Waals surface area contributed by atoms with Gasteiger partial charge in [0.1, 0.15) is 16.7 Å². The van der Waals surface area contributed by atoms with Crippen molar-refractivity contribution < 1.29 is 8.83 Å². The minimum Gasteiger partial charge on any atom is -0.455 e. The Morgan fingerprint density at radius 2 is 0.899 bits per heavy atom. The molecule has 4 nitrogen and oxygen atoms in total. The molecular formula is C65H46N2O2. The van der Waals surface area contributed by atoms with E-state index in [0.29, 0.717) is 0 Å². The number of rotatable bonds is 8. The van der Waals surface area contributed by atoms with Crippen LogP contribution in [0.2, 0.25) is 0 Å². The van der Waals surface area contributed by atoms with Gasteiger partial charge in [-0.1, -0.05) is 157 Å². The summed E-state index contributed by atoms with van der Waals surface area (Å²) in [4.78, 5) is 4.71. The van der Waals surface area contributed by atoms with Gasteiger partial charge in [0.15, 0.2) is 5.58 Å². The summed E-state index contributed by atoms with van der Waals surface area (Å²) in [6, 6.07) is 80.4. The molecule has 11 aromatic carbocycles. The van der Waals surface area contributed by atoms with Crippen molar-refractivity contribution in [3.63, 3.8) is 0 Å². The summed E-state index contributed by atoms with van der Waals surface area (Å²) in [7, 11) is 0. The zero-order chi connectivity index (χ0) is 46.2. The van der Waals surface area contributed by atoms with Gasteiger partial charge in [0, 0.05) is 55.6 Å². The monoisotopic (exact) mass is 886 g/mol. The molecule has 4 heteroatoms. The number of anilines is 6. The van der Waals surface area contributed by atoms with Gasteiger partial charge in [-0.3, -0.25) is 0 Å². The van der Waals surface area contributed by atoms with Crippen molar-refractivity contribution in [2.75, 3.05) is 9.80 Å². The Morgan fingerprint density at radius 1 is 0.319 bits per heavy atom. The minimum absolute atomic E-state index is 0.852. The van der Waals surface area contributed by atoms with Crippen molar-refractivity contribution in [3.8, 4) is 22.3 Å². The highest BCUT2D eigenvalue weighted by Gasteiger charge is 2.24. The Labute approximate surface area is 400 Å². The lowest BCUT2D eigenvalue weighted by molar-refractivity contribution is 0.669. The van der Waals surface area contributed by atoms with Crippen LogP contribution in [0, 0.1) is 20.8 Å². The number of fused-ring (bicyclic) bond motifs is 11. The van der Waals surface area contributed by atoms with Crippen molar-refractivity contribution in [1.29, 1.82) is 0 Å². The molecule has 69 heavy (non-hydrogen) atoms. The van der Waals surface area contributed by atoms with E-state index in [1.165, 1.54) is 33.2 Å². The largest absolute Gasteiger partial charge is 0.455 e. The average Bonchev–Trinajstić information content (AvgIpc) is 3.98. The fourth-order valence-electron chi connectivity index (χ4n) is 10.9. The summed E-state index contributed by atoms with van der Waals surface area (Å²) in [6.07, 6.45) is 0. The fourth-order valence-corrected chi connectivity index (χ4v) is 10.9. The summed E-state index contributed by atoms with van der Waals surface area (Å²) in [5.41, 5.74) is 18.2. The SMILES string of the molecule is Cc1cc(C)c(N(c2ccccc2)c2ccc3c(c2)oc2c4ccc(-c5ccc(N(c6ccccc6-c6ccccc6)c6cccc7c6oc6ccccc67)cc5)cc4c4ccccc4c32)c(C)c1. The maximum Gasteiger partial charge on any atom is 0.159 e. The molecule has 13 rings (SSSR count). The number of benzene rings is 11. The zero-order valence-corrected chi connectivity index (χ0v) is 38.6. The van der Waals surface area contributed by atoms with E-state index in [2.05, 4.69) is 243 Å². The zero-order valence-electron chi connectivity index (χ0n) is 38.6. The van der Waals surface area contributed by atoms with Crippen LogP contribution < -0.4 is 9.80 Å². The van der Waals surface area contributed by atoms with Crippen LogP contribution in [-0.4, -0.2) is 0 Å². The van der Waals surface area contributed by atoms with E-state index in [-0.39, 0.29) is 0 Å². The van der Waals surface area contributed by atoms with E-state index in [4.69, 9.17) is 8.83 Å². The lowest BCUT2D eigenvalue weighted by Crippen LogP contribution is -2.13. The number of aryl methyl sites for hydroxylation is 3. The average molecular weight is 887 g/mol. The molecule has 0 saturated heterocycles. The van der Waals surface area contributed by atoms with Crippen molar-refractivity contribution in [2.24, 2.45) is 0 Å². The first-order valence-electron chi connectivity index (χ1n) is 23.7. The normalized spacial score (nSPS) is 11.7. The van der Waals surface area contributed by atoms with E-state index in [0.717, 1.165) is 105 Å². The van der Waals surface area contributed by atoms with Gasteiger partial charge in [-0.15, -0.1) is 0 Å². The Kier molecular flexibility index (Phi) is 9.48. The van der Waals surface area contributed by atoms with E-state index >= 15 is 0 Å². The highest BCUT2D eigenvalue weighted by atomic mass is 16.3. The molecule has 0 N–H and O–H groups in total. The Balaban J connectivity index is 0.943.